The molecule has 9 nitrogen and oxygen atoms in total. The molecule has 0 saturated heterocycles. The summed E-state index contributed by atoms with van der Waals surface area (Å²) in [7, 11) is -3.97. The van der Waals surface area contributed by atoms with Crippen molar-refractivity contribution in [2.45, 2.75) is 47.8 Å². The van der Waals surface area contributed by atoms with Gasteiger partial charge in [-0.1, -0.05) is 26.0 Å². The third-order valence-electron chi connectivity index (χ3n) is 6.11. The number of oxazole rings is 1. The number of hydrogen-bond acceptors (Lipinski definition) is 7. The Morgan fingerprint density at radius 3 is 2.38 bits per heavy atom. The van der Waals surface area contributed by atoms with Crippen LogP contribution in [0.25, 0.3) is 11.5 Å². The van der Waals surface area contributed by atoms with Crippen molar-refractivity contribution in [2.75, 3.05) is 26.2 Å². The highest BCUT2D eigenvalue weighted by Crippen LogP contribution is 2.29. The summed E-state index contributed by atoms with van der Waals surface area (Å²) in [6, 6.07) is 7.41. The van der Waals surface area contributed by atoms with Crippen LogP contribution in [0.4, 0.5) is 13.2 Å². The highest BCUT2D eigenvalue weighted by atomic mass is 32.2. The molecule has 0 radical (unpaired) electrons. The van der Waals surface area contributed by atoms with E-state index in [2.05, 4.69) is 4.98 Å². The van der Waals surface area contributed by atoms with Crippen molar-refractivity contribution < 1.29 is 40.3 Å². The van der Waals surface area contributed by atoms with Gasteiger partial charge in [-0.05, 0) is 44.5 Å². The average Bonchev–Trinajstić information content (AvgIpc) is 3.28. The van der Waals surface area contributed by atoms with Gasteiger partial charge < -0.3 is 13.9 Å². The van der Waals surface area contributed by atoms with Gasteiger partial charge in [-0.15, -0.1) is 0 Å². The average molecular weight is 584 g/mol. The van der Waals surface area contributed by atoms with Crippen LogP contribution in [-0.4, -0.2) is 54.2 Å². The monoisotopic (exact) mass is 583 g/mol. The van der Waals surface area contributed by atoms with Crippen LogP contribution < -0.4 is 4.74 Å². The molecule has 3 rings (SSSR count). The van der Waals surface area contributed by atoms with Crippen LogP contribution in [0.5, 0.6) is 5.75 Å². The molecule has 0 aliphatic rings. The Bertz CT molecular complexity index is 1460. The molecule has 0 spiro atoms. The predicted octanol–water partition coefficient (Wildman–Crippen LogP) is 4.91. The standard InChI is InChI=1S/C27H32F3N3O6S/c1-6-32(7-2)40(35,36)33(15-24(34)37-8-3)14-19-10-9-11-20(12-19)38-16-23-18(5)39-27(31-23)21-13-22(28)17(4)25(29)26(21)30/h9-13H,6-8,14-16H2,1-5H3. The van der Waals surface area contributed by atoms with Gasteiger partial charge in [-0.25, -0.2) is 18.2 Å². The first-order valence-corrected chi connectivity index (χ1v) is 14.1. The Morgan fingerprint density at radius 1 is 1.02 bits per heavy atom. The van der Waals surface area contributed by atoms with Gasteiger partial charge in [0.05, 0.1) is 12.2 Å². The summed E-state index contributed by atoms with van der Waals surface area (Å²) in [6.45, 7) is 7.59. The molecular formula is C27H32F3N3O6S. The zero-order valence-corrected chi connectivity index (χ0v) is 23.8. The number of esters is 1. The van der Waals surface area contributed by atoms with Crippen molar-refractivity contribution in [3.63, 3.8) is 0 Å². The summed E-state index contributed by atoms with van der Waals surface area (Å²) in [5, 5.41) is 0. The second-order valence-corrected chi connectivity index (χ2v) is 10.7. The number of halogens is 3. The summed E-state index contributed by atoms with van der Waals surface area (Å²) >= 11 is 0. The molecule has 0 fully saturated rings. The molecule has 0 saturated carbocycles. The van der Waals surface area contributed by atoms with Gasteiger partial charge in [-0.2, -0.15) is 17.0 Å². The first kappa shape index (κ1) is 31.1. The maximum absolute atomic E-state index is 14.4. The van der Waals surface area contributed by atoms with E-state index in [1.165, 1.54) is 4.31 Å². The van der Waals surface area contributed by atoms with Gasteiger partial charge in [0.1, 0.15) is 36.2 Å². The molecule has 0 unspecified atom stereocenters. The molecule has 0 amide bonds. The molecular weight excluding hydrogens is 551 g/mol. The Morgan fingerprint density at radius 2 is 1.73 bits per heavy atom. The fourth-order valence-corrected chi connectivity index (χ4v) is 5.45. The first-order chi connectivity index (χ1) is 18.9. The first-order valence-electron chi connectivity index (χ1n) is 12.7. The van der Waals surface area contributed by atoms with E-state index in [9.17, 15) is 26.4 Å². The maximum Gasteiger partial charge on any atom is 0.321 e. The van der Waals surface area contributed by atoms with E-state index >= 15 is 0 Å². The molecule has 3 aromatic rings. The fourth-order valence-electron chi connectivity index (χ4n) is 3.89. The number of benzene rings is 2. The molecule has 0 aliphatic heterocycles. The second-order valence-electron chi connectivity index (χ2n) is 8.78. The normalized spacial score (nSPS) is 11.8. The molecule has 13 heteroatoms. The lowest BCUT2D eigenvalue weighted by molar-refractivity contribution is -0.143. The van der Waals surface area contributed by atoms with E-state index in [0.29, 0.717) is 11.3 Å². The smallest absolute Gasteiger partial charge is 0.321 e. The van der Waals surface area contributed by atoms with Gasteiger partial charge >= 0.3 is 5.97 Å². The molecule has 2 aromatic carbocycles. The summed E-state index contributed by atoms with van der Waals surface area (Å²) in [5.41, 5.74) is -0.0799. The van der Waals surface area contributed by atoms with Crippen molar-refractivity contribution in [1.82, 2.24) is 13.6 Å². The van der Waals surface area contributed by atoms with Crippen molar-refractivity contribution in [2.24, 2.45) is 0 Å². The number of rotatable bonds is 13. The van der Waals surface area contributed by atoms with Crippen molar-refractivity contribution >= 4 is 16.2 Å². The predicted molar refractivity (Wildman–Crippen MR) is 141 cm³/mol. The summed E-state index contributed by atoms with van der Waals surface area (Å²) in [6.07, 6.45) is 0. The third kappa shape index (κ3) is 7.01. The molecule has 0 atom stereocenters. The van der Waals surface area contributed by atoms with E-state index in [1.807, 2.05) is 0 Å². The largest absolute Gasteiger partial charge is 0.487 e. The minimum Gasteiger partial charge on any atom is -0.487 e. The SMILES string of the molecule is CCOC(=O)CN(Cc1cccc(OCc2nc(-c3cc(F)c(C)c(F)c3F)oc2C)c1)S(=O)(=O)N(CC)CC. The molecule has 1 aromatic heterocycles. The zero-order chi connectivity index (χ0) is 29.6. The van der Waals surface area contributed by atoms with Crippen molar-refractivity contribution in [3.05, 3.63) is 70.4 Å². The van der Waals surface area contributed by atoms with E-state index < -0.39 is 51.3 Å². The van der Waals surface area contributed by atoms with Crippen molar-refractivity contribution in [3.8, 4) is 17.2 Å². The fraction of sp³-hybridized carbons (Fsp3) is 0.407. The van der Waals surface area contributed by atoms with Crippen LogP contribution in [0.15, 0.2) is 34.7 Å². The Balaban J connectivity index is 1.80. The minimum absolute atomic E-state index is 0.116. The number of aryl methyl sites for hydroxylation is 1. The number of aromatic nitrogens is 1. The number of hydrogen-bond donors (Lipinski definition) is 0. The van der Waals surface area contributed by atoms with Gasteiger partial charge in [0.25, 0.3) is 10.2 Å². The summed E-state index contributed by atoms with van der Waals surface area (Å²) < 4.78 is 87.3. The van der Waals surface area contributed by atoms with E-state index in [4.69, 9.17) is 13.9 Å². The Hall–Kier alpha value is -3.42. The molecule has 0 aliphatic carbocycles. The van der Waals surface area contributed by atoms with Crippen LogP contribution in [0.1, 0.15) is 43.4 Å². The van der Waals surface area contributed by atoms with E-state index in [0.717, 1.165) is 17.3 Å². The summed E-state index contributed by atoms with van der Waals surface area (Å²) in [4.78, 5) is 16.3. The van der Waals surface area contributed by atoms with Gasteiger partial charge in [0.2, 0.25) is 5.89 Å². The van der Waals surface area contributed by atoms with Crippen LogP contribution in [0.2, 0.25) is 0 Å². The van der Waals surface area contributed by atoms with E-state index in [-0.39, 0.29) is 50.2 Å². The van der Waals surface area contributed by atoms with Gasteiger partial charge in [0, 0.05) is 25.2 Å². The lowest BCUT2D eigenvalue weighted by Crippen LogP contribution is -2.45. The third-order valence-corrected chi connectivity index (χ3v) is 8.19. The number of nitrogens with zero attached hydrogens (tertiary/aromatic N) is 3. The number of carbonyl (C=O) groups is 1. The van der Waals surface area contributed by atoms with Gasteiger partial charge in [0.15, 0.2) is 11.6 Å². The van der Waals surface area contributed by atoms with Crippen LogP contribution in [0, 0.1) is 31.3 Å². The molecule has 0 N–H and O–H groups in total. The van der Waals surface area contributed by atoms with Crippen LogP contribution in [-0.2, 0) is 32.9 Å². The lowest BCUT2D eigenvalue weighted by Gasteiger charge is -2.28. The van der Waals surface area contributed by atoms with Crippen LogP contribution >= 0.6 is 0 Å². The van der Waals surface area contributed by atoms with Crippen LogP contribution in [0.3, 0.4) is 0 Å². The van der Waals surface area contributed by atoms with E-state index in [1.54, 1.807) is 52.0 Å². The Kier molecular flexibility index (Phi) is 10.3. The molecule has 1 heterocycles. The molecule has 218 valence electrons. The topological polar surface area (TPSA) is 102 Å². The highest BCUT2D eigenvalue weighted by Gasteiger charge is 2.30. The van der Waals surface area contributed by atoms with Crippen molar-refractivity contribution in [1.29, 1.82) is 0 Å². The molecule has 0 bridgehead atoms. The Labute approximate surface area is 231 Å². The summed E-state index contributed by atoms with van der Waals surface area (Å²) in [5.74, 6) is -3.87. The minimum atomic E-state index is -3.97. The maximum atomic E-state index is 14.4. The lowest BCUT2D eigenvalue weighted by atomic mass is 10.1. The quantitative estimate of drug-likeness (QED) is 0.208. The number of ether oxygens (including phenoxy) is 2. The second kappa shape index (κ2) is 13.3. The number of carbonyl (C=O) groups excluding carboxylic acids is 1. The molecule has 40 heavy (non-hydrogen) atoms. The highest BCUT2D eigenvalue weighted by molar-refractivity contribution is 7.86. The zero-order valence-electron chi connectivity index (χ0n) is 23.0. The van der Waals surface area contributed by atoms with Gasteiger partial charge in [-0.3, -0.25) is 4.79 Å².